The minimum absolute atomic E-state index is 0.00116. The van der Waals surface area contributed by atoms with E-state index in [-0.39, 0.29) is 11.9 Å². The molecule has 1 rings (SSSR count). The van der Waals surface area contributed by atoms with E-state index in [2.05, 4.69) is 37.9 Å². The Bertz CT molecular complexity index is 292. The van der Waals surface area contributed by atoms with Crippen LogP contribution in [0, 0.1) is 11.8 Å². The van der Waals surface area contributed by atoms with E-state index in [9.17, 15) is 4.79 Å². The predicted molar refractivity (Wildman–Crippen MR) is 84.8 cm³/mol. The van der Waals surface area contributed by atoms with Gasteiger partial charge in [-0.25, -0.2) is 0 Å². The Morgan fingerprint density at radius 2 is 1.75 bits per heavy atom. The van der Waals surface area contributed by atoms with Gasteiger partial charge in [0.1, 0.15) is 6.04 Å². The summed E-state index contributed by atoms with van der Waals surface area (Å²) in [6.45, 7) is 11.9. The molecule has 118 valence electrons. The molecule has 0 saturated carbocycles. The van der Waals surface area contributed by atoms with Crippen LogP contribution in [-0.2, 0) is 4.79 Å². The average molecular weight is 283 g/mol. The highest BCUT2D eigenvalue weighted by Crippen LogP contribution is 2.22. The van der Waals surface area contributed by atoms with Gasteiger partial charge in [0.2, 0.25) is 5.91 Å². The Morgan fingerprint density at radius 1 is 1.20 bits per heavy atom. The van der Waals surface area contributed by atoms with Crippen LogP contribution in [0.5, 0.6) is 0 Å². The van der Waals surface area contributed by atoms with Gasteiger partial charge in [-0.2, -0.15) is 0 Å². The van der Waals surface area contributed by atoms with Crippen molar-refractivity contribution in [2.75, 3.05) is 33.7 Å². The molecule has 0 spiro atoms. The number of hydrogen-bond donors (Lipinski definition) is 1. The average Bonchev–Trinajstić information content (AvgIpc) is 2.36. The van der Waals surface area contributed by atoms with E-state index in [0.717, 1.165) is 19.6 Å². The second-order valence-corrected chi connectivity index (χ2v) is 7.10. The normalized spacial score (nSPS) is 20.9. The minimum atomic E-state index is 0.00116. The van der Waals surface area contributed by atoms with Gasteiger partial charge in [0.05, 0.1) is 0 Å². The van der Waals surface area contributed by atoms with Crippen molar-refractivity contribution in [1.82, 2.24) is 15.1 Å². The molecule has 0 radical (unpaired) electrons. The topological polar surface area (TPSA) is 35.6 Å². The van der Waals surface area contributed by atoms with Gasteiger partial charge >= 0.3 is 0 Å². The monoisotopic (exact) mass is 283 g/mol. The Labute approximate surface area is 124 Å². The summed E-state index contributed by atoms with van der Waals surface area (Å²) in [5.74, 6) is 1.57. The van der Waals surface area contributed by atoms with E-state index in [1.165, 1.54) is 12.8 Å². The Balaban J connectivity index is 2.85. The van der Waals surface area contributed by atoms with Crippen molar-refractivity contribution in [3.63, 3.8) is 0 Å². The summed E-state index contributed by atoms with van der Waals surface area (Å²) in [6.07, 6.45) is 2.35. The molecule has 0 aromatic rings. The van der Waals surface area contributed by atoms with Crippen molar-refractivity contribution in [3.8, 4) is 0 Å². The fourth-order valence-electron chi connectivity index (χ4n) is 3.14. The molecule has 1 aliphatic heterocycles. The third-order valence-corrected chi connectivity index (χ3v) is 3.97. The van der Waals surface area contributed by atoms with Gasteiger partial charge in [-0.1, -0.05) is 27.7 Å². The summed E-state index contributed by atoms with van der Waals surface area (Å²) in [5.41, 5.74) is 0. The number of piperazine rings is 1. The third-order valence-electron chi connectivity index (χ3n) is 3.97. The zero-order valence-electron chi connectivity index (χ0n) is 14.1. The highest BCUT2D eigenvalue weighted by Gasteiger charge is 2.34. The number of rotatable bonds is 6. The molecule has 1 fully saturated rings. The first-order chi connectivity index (χ1) is 9.32. The van der Waals surface area contributed by atoms with Crippen LogP contribution in [0.1, 0.15) is 40.5 Å². The van der Waals surface area contributed by atoms with Crippen molar-refractivity contribution >= 4 is 5.91 Å². The van der Waals surface area contributed by atoms with Crippen LogP contribution in [0.2, 0.25) is 0 Å². The minimum Gasteiger partial charge on any atom is -0.347 e. The number of amides is 1. The summed E-state index contributed by atoms with van der Waals surface area (Å²) in [4.78, 5) is 16.6. The first-order valence-electron chi connectivity index (χ1n) is 8.00. The molecular weight excluding hydrogens is 250 g/mol. The smallest absolute Gasteiger partial charge is 0.240 e. The molecule has 1 saturated heterocycles. The molecular formula is C16H33N3O. The number of nitrogens with one attached hydrogen (secondary N) is 1. The molecule has 0 aromatic carbocycles. The van der Waals surface area contributed by atoms with Gasteiger partial charge < -0.3 is 10.2 Å². The van der Waals surface area contributed by atoms with E-state index < -0.39 is 0 Å². The molecule has 20 heavy (non-hydrogen) atoms. The lowest BCUT2D eigenvalue weighted by atomic mass is 9.92. The lowest BCUT2D eigenvalue weighted by Crippen LogP contribution is -2.60. The SMILES string of the molecule is CC(C)CC(CC(C)C)N1CCNCC1C(=O)N(C)C. The van der Waals surface area contributed by atoms with Crippen LogP contribution in [0.25, 0.3) is 0 Å². The van der Waals surface area contributed by atoms with Gasteiger partial charge in [0.15, 0.2) is 0 Å². The van der Waals surface area contributed by atoms with E-state index in [1.807, 2.05) is 14.1 Å². The summed E-state index contributed by atoms with van der Waals surface area (Å²) in [5, 5.41) is 3.37. The van der Waals surface area contributed by atoms with Crippen LogP contribution < -0.4 is 5.32 Å². The van der Waals surface area contributed by atoms with Crippen molar-refractivity contribution in [2.24, 2.45) is 11.8 Å². The maximum absolute atomic E-state index is 12.4. The quantitative estimate of drug-likeness (QED) is 0.807. The van der Waals surface area contributed by atoms with Crippen molar-refractivity contribution in [2.45, 2.75) is 52.6 Å². The van der Waals surface area contributed by atoms with Crippen molar-refractivity contribution in [3.05, 3.63) is 0 Å². The molecule has 4 heteroatoms. The number of hydrogen-bond acceptors (Lipinski definition) is 3. The van der Waals surface area contributed by atoms with Crippen LogP contribution in [0.4, 0.5) is 0 Å². The van der Waals surface area contributed by atoms with E-state index in [1.54, 1.807) is 4.90 Å². The first-order valence-corrected chi connectivity index (χ1v) is 8.00. The second-order valence-electron chi connectivity index (χ2n) is 7.10. The lowest BCUT2D eigenvalue weighted by Gasteiger charge is -2.42. The summed E-state index contributed by atoms with van der Waals surface area (Å²) >= 11 is 0. The molecule has 1 amide bonds. The van der Waals surface area contributed by atoms with Crippen LogP contribution >= 0.6 is 0 Å². The third kappa shape index (κ3) is 5.06. The Kier molecular flexibility index (Phi) is 6.96. The molecule has 0 bridgehead atoms. The van der Waals surface area contributed by atoms with Gasteiger partial charge in [-0.15, -0.1) is 0 Å². The van der Waals surface area contributed by atoms with Crippen LogP contribution in [0.15, 0.2) is 0 Å². The van der Waals surface area contributed by atoms with Crippen molar-refractivity contribution < 1.29 is 4.79 Å². The van der Waals surface area contributed by atoms with Gasteiger partial charge in [0.25, 0.3) is 0 Å². The molecule has 1 unspecified atom stereocenters. The summed E-state index contributed by atoms with van der Waals surface area (Å²) in [6, 6.07) is 0.521. The predicted octanol–water partition coefficient (Wildman–Crippen LogP) is 1.81. The van der Waals surface area contributed by atoms with Gasteiger partial charge in [0, 0.05) is 39.8 Å². The van der Waals surface area contributed by atoms with E-state index in [4.69, 9.17) is 0 Å². The molecule has 0 aliphatic carbocycles. The van der Waals surface area contributed by atoms with Crippen molar-refractivity contribution in [1.29, 1.82) is 0 Å². The van der Waals surface area contributed by atoms with E-state index in [0.29, 0.717) is 17.9 Å². The number of nitrogens with zero attached hydrogens (tertiary/aromatic N) is 2. The first kappa shape index (κ1) is 17.4. The maximum atomic E-state index is 12.4. The fourth-order valence-corrected chi connectivity index (χ4v) is 3.14. The molecule has 1 atom stereocenters. The summed E-state index contributed by atoms with van der Waals surface area (Å²) in [7, 11) is 3.71. The Hall–Kier alpha value is -0.610. The highest BCUT2D eigenvalue weighted by molar-refractivity contribution is 5.81. The molecule has 1 aliphatic rings. The Morgan fingerprint density at radius 3 is 2.20 bits per heavy atom. The fraction of sp³-hybridized carbons (Fsp3) is 0.938. The standard InChI is InChI=1S/C16H33N3O/c1-12(2)9-14(10-13(3)4)19-8-7-17-11-15(19)16(20)18(5)6/h12-15,17H,7-11H2,1-6H3. The lowest BCUT2D eigenvalue weighted by molar-refractivity contribution is -0.136. The number of carbonyl (C=O) groups is 1. The highest BCUT2D eigenvalue weighted by atomic mass is 16.2. The molecule has 1 N–H and O–H groups in total. The zero-order chi connectivity index (χ0) is 15.3. The van der Waals surface area contributed by atoms with Gasteiger partial charge in [-0.05, 0) is 24.7 Å². The van der Waals surface area contributed by atoms with Crippen LogP contribution in [-0.4, -0.2) is 61.5 Å². The zero-order valence-corrected chi connectivity index (χ0v) is 14.1. The van der Waals surface area contributed by atoms with E-state index >= 15 is 0 Å². The molecule has 0 aromatic heterocycles. The summed E-state index contributed by atoms with van der Waals surface area (Å²) < 4.78 is 0. The maximum Gasteiger partial charge on any atom is 0.240 e. The van der Waals surface area contributed by atoms with Crippen LogP contribution in [0.3, 0.4) is 0 Å². The second kappa shape index (κ2) is 7.99. The number of carbonyl (C=O) groups excluding carboxylic acids is 1. The molecule has 4 nitrogen and oxygen atoms in total. The van der Waals surface area contributed by atoms with Gasteiger partial charge in [-0.3, -0.25) is 9.69 Å². The number of likely N-dealkylation sites (N-methyl/N-ethyl adjacent to an activating group) is 1. The molecule has 1 heterocycles. The largest absolute Gasteiger partial charge is 0.347 e.